The van der Waals surface area contributed by atoms with Crippen molar-refractivity contribution in [3.8, 4) is 0 Å². The van der Waals surface area contributed by atoms with Gasteiger partial charge in [0.05, 0.1) is 19.8 Å². The number of rotatable bonds is 6. The Kier molecular flexibility index (Phi) is 5.62. The van der Waals surface area contributed by atoms with E-state index in [1.54, 1.807) is 11.3 Å². The number of nitrogens with one attached hydrogen (secondary N) is 1. The molecule has 1 N–H and O–H groups in total. The quantitative estimate of drug-likeness (QED) is 0.760. The summed E-state index contributed by atoms with van der Waals surface area (Å²) in [5.74, 6) is 0. The number of thiophene rings is 1. The van der Waals surface area contributed by atoms with Gasteiger partial charge in [-0.05, 0) is 63.4 Å². The maximum atomic E-state index is 4.38. The second-order valence-corrected chi connectivity index (χ2v) is 8.05. The molecule has 0 bridgehead atoms. The van der Waals surface area contributed by atoms with Crippen molar-refractivity contribution in [1.29, 1.82) is 0 Å². The van der Waals surface area contributed by atoms with Crippen LogP contribution in [-0.4, -0.2) is 16.3 Å². The Bertz CT molecular complexity index is 536. The smallest absolute Gasteiger partial charge is 0.0761 e. The van der Waals surface area contributed by atoms with Crippen LogP contribution in [0.4, 0.5) is 0 Å². The highest BCUT2D eigenvalue weighted by Crippen LogP contribution is 2.37. The normalized spacial score (nSPS) is 12.8. The molecule has 6 heteroatoms. The fraction of sp³-hybridized carbons (Fsp3) is 0.462. The average Bonchev–Trinajstić information content (AvgIpc) is 2.97. The van der Waals surface area contributed by atoms with Gasteiger partial charge in [-0.1, -0.05) is 6.92 Å². The number of nitrogens with zero attached hydrogens (tertiary/aromatic N) is 2. The van der Waals surface area contributed by atoms with E-state index in [0.717, 1.165) is 27.1 Å². The van der Waals surface area contributed by atoms with Crippen LogP contribution in [0.2, 0.25) is 0 Å². The number of aryl methyl sites for hydroxylation is 1. The first-order valence-corrected chi connectivity index (χ1v) is 8.76. The van der Waals surface area contributed by atoms with E-state index >= 15 is 0 Å². The van der Waals surface area contributed by atoms with Crippen LogP contribution in [0.1, 0.15) is 37.4 Å². The Morgan fingerprint density at radius 3 is 2.74 bits per heavy atom. The Morgan fingerprint density at radius 1 is 1.42 bits per heavy atom. The number of hydrogen-bond acceptors (Lipinski definition) is 3. The number of hydrogen-bond donors (Lipinski definition) is 1. The molecule has 0 aliphatic heterocycles. The van der Waals surface area contributed by atoms with Gasteiger partial charge in [-0.25, -0.2) is 0 Å². The maximum absolute atomic E-state index is 4.38. The monoisotopic (exact) mass is 405 g/mol. The molecule has 1 atom stereocenters. The fourth-order valence-electron chi connectivity index (χ4n) is 1.95. The molecule has 2 aromatic rings. The highest BCUT2D eigenvalue weighted by atomic mass is 79.9. The molecule has 2 aromatic heterocycles. The molecular formula is C13H17Br2N3S. The standard InChI is InChI=1S/C13H17Br2N3S/c1-3-5-16-12(9-7-17-18(4-2)8-9)10-6-11(14)19-13(10)15/h6-8,12,16H,3-5H2,1-2H3. The third-order valence-corrected chi connectivity index (χ3v) is 5.29. The Hall–Kier alpha value is -0.170. The molecule has 0 fully saturated rings. The zero-order valence-electron chi connectivity index (χ0n) is 11.0. The van der Waals surface area contributed by atoms with Crippen LogP contribution < -0.4 is 5.32 Å². The van der Waals surface area contributed by atoms with Gasteiger partial charge in [-0.15, -0.1) is 11.3 Å². The topological polar surface area (TPSA) is 29.9 Å². The van der Waals surface area contributed by atoms with Crippen LogP contribution in [0.5, 0.6) is 0 Å². The van der Waals surface area contributed by atoms with Crippen LogP contribution in [0.3, 0.4) is 0 Å². The van der Waals surface area contributed by atoms with Gasteiger partial charge in [0.1, 0.15) is 0 Å². The highest BCUT2D eigenvalue weighted by molar-refractivity contribution is 9.12. The zero-order valence-corrected chi connectivity index (χ0v) is 15.0. The lowest BCUT2D eigenvalue weighted by Crippen LogP contribution is -2.22. The first-order valence-electron chi connectivity index (χ1n) is 6.36. The summed E-state index contributed by atoms with van der Waals surface area (Å²) in [5, 5.41) is 7.97. The molecule has 0 saturated carbocycles. The van der Waals surface area contributed by atoms with Gasteiger partial charge in [-0.2, -0.15) is 5.10 Å². The van der Waals surface area contributed by atoms with Crippen molar-refractivity contribution in [2.24, 2.45) is 0 Å². The minimum absolute atomic E-state index is 0.192. The largest absolute Gasteiger partial charge is 0.306 e. The zero-order chi connectivity index (χ0) is 13.8. The van der Waals surface area contributed by atoms with Crippen molar-refractivity contribution >= 4 is 43.2 Å². The summed E-state index contributed by atoms with van der Waals surface area (Å²) >= 11 is 8.91. The molecule has 0 radical (unpaired) electrons. The van der Waals surface area contributed by atoms with Crippen LogP contribution >= 0.6 is 43.2 Å². The van der Waals surface area contributed by atoms with E-state index in [4.69, 9.17) is 0 Å². The molecule has 1 unspecified atom stereocenters. The lowest BCUT2D eigenvalue weighted by atomic mass is 10.1. The molecule has 2 heterocycles. The Labute approximate surface area is 134 Å². The summed E-state index contributed by atoms with van der Waals surface area (Å²) in [6, 6.07) is 2.36. The van der Waals surface area contributed by atoms with Crippen LogP contribution in [0.15, 0.2) is 26.0 Å². The van der Waals surface area contributed by atoms with Crippen LogP contribution in [0.25, 0.3) is 0 Å². The first kappa shape index (κ1) is 15.2. The van der Waals surface area contributed by atoms with Crippen molar-refractivity contribution in [1.82, 2.24) is 15.1 Å². The first-order chi connectivity index (χ1) is 9.15. The third-order valence-electron chi connectivity index (χ3n) is 2.90. The molecule has 19 heavy (non-hydrogen) atoms. The SMILES string of the molecule is CCCNC(c1cnn(CC)c1)c1cc(Br)sc1Br. The van der Waals surface area contributed by atoms with E-state index in [0.29, 0.717) is 0 Å². The Balaban J connectivity index is 2.32. The molecule has 0 aliphatic rings. The number of halogens is 2. The predicted octanol–water partition coefficient (Wildman–Crippen LogP) is 4.58. The predicted molar refractivity (Wildman–Crippen MR) is 87.8 cm³/mol. The lowest BCUT2D eigenvalue weighted by Gasteiger charge is -2.16. The Morgan fingerprint density at radius 2 is 2.21 bits per heavy atom. The fourth-order valence-corrected chi connectivity index (χ4v) is 4.85. The lowest BCUT2D eigenvalue weighted by molar-refractivity contribution is 0.596. The summed E-state index contributed by atoms with van der Waals surface area (Å²) in [6.45, 7) is 6.16. The summed E-state index contributed by atoms with van der Waals surface area (Å²) < 4.78 is 4.27. The van der Waals surface area contributed by atoms with Gasteiger partial charge < -0.3 is 5.32 Å². The van der Waals surface area contributed by atoms with Crippen molar-refractivity contribution in [2.45, 2.75) is 32.9 Å². The van der Waals surface area contributed by atoms with Gasteiger partial charge >= 0.3 is 0 Å². The highest BCUT2D eigenvalue weighted by Gasteiger charge is 2.20. The van der Waals surface area contributed by atoms with E-state index in [1.165, 1.54) is 11.1 Å². The molecule has 0 aliphatic carbocycles. The van der Waals surface area contributed by atoms with Gasteiger partial charge in [0.15, 0.2) is 0 Å². The van der Waals surface area contributed by atoms with Gasteiger partial charge in [-0.3, -0.25) is 4.68 Å². The van der Waals surface area contributed by atoms with Crippen molar-refractivity contribution in [3.63, 3.8) is 0 Å². The summed E-state index contributed by atoms with van der Waals surface area (Å²) in [5.41, 5.74) is 2.47. The second-order valence-electron chi connectivity index (χ2n) is 4.30. The third kappa shape index (κ3) is 3.68. The molecular weight excluding hydrogens is 390 g/mol. The molecule has 0 spiro atoms. The maximum Gasteiger partial charge on any atom is 0.0761 e. The molecule has 0 saturated heterocycles. The van der Waals surface area contributed by atoms with Crippen molar-refractivity contribution in [3.05, 3.63) is 37.2 Å². The summed E-state index contributed by atoms with van der Waals surface area (Å²) in [4.78, 5) is 0. The van der Waals surface area contributed by atoms with E-state index in [-0.39, 0.29) is 6.04 Å². The molecule has 2 rings (SSSR count). The number of aromatic nitrogens is 2. The van der Waals surface area contributed by atoms with E-state index in [9.17, 15) is 0 Å². The van der Waals surface area contributed by atoms with Crippen LogP contribution in [-0.2, 0) is 6.54 Å². The van der Waals surface area contributed by atoms with Gasteiger partial charge in [0, 0.05) is 18.3 Å². The van der Waals surface area contributed by atoms with Crippen LogP contribution in [0, 0.1) is 0 Å². The summed E-state index contributed by atoms with van der Waals surface area (Å²) in [7, 11) is 0. The summed E-state index contributed by atoms with van der Waals surface area (Å²) in [6.07, 6.45) is 5.18. The minimum Gasteiger partial charge on any atom is -0.306 e. The minimum atomic E-state index is 0.192. The average molecular weight is 407 g/mol. The molecule has 0 amide bonds. The van der Waals surface area contributed by atoms with E-state index < -0.39 is 0 Å². The van der Waals surface area contributed by atoms with E-state index in [2.05, 4.69) is 68.4 Å². The van der Waals surface area contributed by atoms with E-state index in [1.807, 2.05) is 10.9 Å². The van der Waals surface area contributed by atoms with Gasteiger partial charge in [0.25, 0.3) is 0 Å². The molecule has 3 nitrogen and oxygen atoms in total. The van der Waals surface area contributed by atoms with Gasteiger partial charge in [0.2, 0.25) is 0 Å². The van der Waals surface area contributed by atoms with Crippen molar-refractivity contribution in [2.75, 3.05) is 6.54 Å². The molecule has 104 valence electrons. The second kappa shape index (κ2) is 7.02. The van der Waals surface area contributed by atoms with Crippen molar-refractivity contribution < 1.29 is 0 Å². The molecule has 0 aromatic carbocycles.